The summed E-state index contributed by atoms with van der Waals surface area (Å²) in [6.45, 7) is 0. The lowest BCUT2D eigenvalue weighted by Gasteiger charge is -2.02. The molecule has 0 bridgehead atoms. The normalized spacial score (nSPS) is 11.0. The largest absolute Gasteiger partial charge is 0.334 e. The molecule has 136 valence electrons. The summed E-state index contributed by atoms with van der Waals surface area (Å²) in [6.07, 6.45) is 5.52. The Hall–Kier alpha value is -2.65. The minimum atomic E-state index is 0.525. The minimum absolute atomic E-state index is 0.525. The molecule has 0 fully saturated rings. The summed E-state index contributed by atoms with van der Waals surface area (Å²) in [5.74, 6) is 2.49. The Morgan fingerprint density at radius 3 is 2.74 bits per heavy atom. The Labute approximate surface area is 164 Å². The molecule has 0 aliphatic carbocycles. The van der Waals surface area contributed by atoms with Gasteiger partial charge in [0.25, 0.3) is 5.89 Å². The predicted molar refractivity (Wildman–Crippen MR) is 105 cm³/mol. The Bertz CT molecular complexity index is 1050. The van der Waals surface area contributed by atoms with E-state index in [0.717, 1.165) is 27.0 Å². The van der Waals surface area contributed by atoms with Crippen molar-refractivity contribution in [1.82, 2.24) is 29.9 Å². The maximum absolute atomic E-state index is 5.41. The Morgan fingerprint density at radius 2 is 1.93 bits per heavy atom. The van der Waals surface area contributed by atoms with Gasteiger partial charge in [-0.15, -0.1) is 22.0 Å². The Kier molecular flexibility index (Phi) is 5.21. The predicted octanol–water partition coefficient (Wildman–Crippen LogP) is 3.94. The second kappa shape index (κ2) is 7.93. The summed E-state index contributed by atoms with van der Waals surface area (Å²) in [5, 5.41) is 13.4. The van der Waals surface area contributed by atoms with Crippen LogP contribution in [0.2, 0.25) is 0 Å². The molecule has 9 heteroatoms. The van der Waals surface area contributed by atoms with Crippen LogP contribution in [0.15, 0.2) is 63.4 Å². The summed E-state index contributed by atoms with van der Waals surface area (Å²) in [4.78, 5) is 9.68. The first-order valence-corrected chi connectivity index (χ1v) is 10.4. The Morgan fingerprint density at radius 1 is 1.07 bits per heavy atom. The average Bonchev–Trinajstić information content (AvgIpc) is 3.34. The highest BCUT2D eigenvalue weighted by Crippen LogP contribution is 2.26. The maximum atomic E-state index is 5.41. The van der Waals surface area contributed by atoms with Gasteiger partial charge in [0.1, 0.15) is 0 Å². The lowest BCUT2D eigenvalue weighted by molar-refractivity contribution is 0.425. The number of benzene rings is 1. The first kappa shape index (κ1) is 17.7. The van der Waals surface area contributed by atoms with Crippen molar-refractivity contribution >= 4 is 23.5 Å². The zero-order valence-electron chi connectivity index (χ0n) is 14.7. The van der Waals surface area contributed by atoms with Crippen LogP contribution in [-0.4, -0.2) is 36.1 Å². The van der Waals surface area contributed by atoms with Crippen molar-refractivity contribution in [2.75, 3.05) is 6.26 Å². The summed E-state index contributed by atoms with van der Waals surface area (Å²) >= 11 is 3.19. The van der Waals surface area contributed by atoms with Crippen LogP contribution in [0.5, 0.6) is 0 Å². The fraction of sp³-hybridized carbons (Fsp3) is 0.167. The van der Waals surface area contributed by atoms with Crippen molar-refractivity contribution in [1.29, 1.82) is 0 Å². The fourth-order valence-electron chi connectivity index (χ4n) is 2.51. The molecule has 0 amide bonds. The van der Waals surface area contributed by atoms with E-state index in [1.165, 1.54) is 11.8 Å². The molecule has 1 aromatic carbocycles. The number of hydrogen-bond acceptors (Lipinski definition) is 8. The van der Waals surface area contributed by atoms with E-state index >= 15 is 0 Å². The van der Waals surface area contributed by atoms with Gasteiger partial charge in [-0.1, -0.05) is 23.0 Å². The van der Waals surface area contributed by atoms with E-state index in [1.54, 1.807) is 24.2 Å². The van der Waals surface area contributed by atoms with Crippen molar-refractivity contribution in [3.05, 3.63) is 54.6 Å². The highest BCUT2D eigenvalue weighted by molar-refractivity contribution is 7.98. The SMILES string of the molecule is CSc1cccc(-c2nc(CSc3nnc(-c4ccncc4)n3C)no2)c1. The quantitative estimate of drug-likeness (QED) is 0.453. The van der Waals surface area contributed by atoms with E-state index in [2.05, 4.69) is 31.4 Å². The molecule has 0 aliphatic rings. The third-order valence-electron chi connectivity index (χ3n) is 3.89. The molecule has 3 aromatic heterocycles. The molecule has 7 nitrogen and oxygen atoms in total. The molecule has 27 heavy (non-hydrogen) atoms. The van der Waals surface area contributed by atoms with E-state index in [1.807, 2.05) is 48.2 Å². The zero-order chi connectivity index (χ0) is 18.6. The standard InChI is InChI=1S/C18H16N6OS2/c1-24-16(12-6-8-19-9-7-12)21-22-18(24)27-11-15-20-17(25-23-15)13-4-3-5-14(10-13)26-2/h3-10H,11H2,1-2H3. The fourth-order valence-corrected chi connectivity index (χ4v) is 3.72. The van der Waals surface area contributed by atoms with Crippen LogP contribution in [0.3, 0.4) is 0 Å². The summed E-state index contributed by atoms with van der Waals surface area (Å²) in [7, 11) is 1.94. The van der Waals surface area contributed by atoms with Gasteiger partial charge in [-0.25, -0.2) is 0 Å². The topological polar surface area (TPSA) is 82.5 Å². The van der Waals surface area contributed by atoms with Crippen molar-refractivity contribution in [2.24, 2.45) is 7.05 Å². The van der Waals surface area contributed by atoms with E-state index in [0.29, 0.717) is 17.5 Å². The molecular weight excluding hydrogens is 380 g/mol. The van der Waals surface area contributed by atoms with Gasteiger partial charge in [0, 0.05) is 35.5 Å². The van der Waals surface area contributed by atoms with Crippen molar-refractivity contribution in [2.45, 2.75) is 15.8 Å². The van der Waals surface area contributed by atoms with Crippen LogP contribution in [-0.2, 0) is 12.8 Å². The molecular formula is C18H16N6OS2. The zero-order valence-corrected chi connectivity index (χ0v) is 16.4. The summed E-state index contributed by atoms with van der Waals surface area (Å²) < 4.78 is 7.36. The number of hydrogen-bond donors (Lipinski definition) is 0. The minimum Gasteiger partial charge on any atom is -0.334 e. The average molecular weight is 397 g/mol. The van der Waals surface area contributed by atoms with E-state index in [9.17, 15) is 0 Å². The second-order valence-corrected chi connectivity index (χ2v) is 7.46. The van der Waals surface area contributed by atoms with Gasteiger partial charge in [-0.2, -0.15) is 4.98 Å². The summed E-state index contributed by atoms with van der Waals surface area (Å²) in [6, 6.07) is 11.9. The van der Waals surface area contributed by atoms with Crippen LogP contribution < -0.4 is 0 Å². The van der Waals surface area contributed by atoms with Gasteiger partial charge in [-0.05, 0) is 36.6 Å². The van der Waals surface area contributed by atoms with Crippen molar-refractivity contribution < 1.29 is 4.52 Å². The van der Waals surface area contributed by atoms with Crippen LogP contribution in [0, 0.1) is 0 Å². The Balaban J connectivity index is 1.47. The van der Waals surface area contributed by atoms with Gasteiger partial charge < -0.3 is 9.09 Å². The first-order chi connectivity index (χ1) is 13.2. The first-order valence-electron chi connectivity index (χ1n) is 8.14. The molecule has 0 N–H and O–H groups in total. The number of nitrogens with zero attached hydrogens (tertiary/aromatic N) is 6. The highest BCUT2D eigenvalue weighted by Gasteiger charge is 2.14. The molecule has 0 unspecified atom stereocenters. The van der Waals surface area contributed by atoms with Crippen molar-refractivity contribution in [3.8, 4) is 22.8 Å². The van der Waals surface area contributed by atoms with E-state index < -0.39 is 0 Å². The lowest BCUT2D eigenvalue weighted by Crippen LogP contribution is -1.95. The van der Waals surface area contributed by atoms with Gasteiger partial charge in [-0.3, -0.25) is 4.98 Å². The molecule has 0 saturated heterocycles. The monoisotopic (exact) mass is 396 g/mol. The molecule has 0 saturated carbocycles. The molecule has 0 radical (unpaired) electrons. The smallest absolute Gasteiger partial charge is 0.257 e. The summed E-state index contributed by atoms with van der Waals surface area (Å²) in [5.41, 5.74) is 1.90. The van der Waals surface area contributed by atoms with Gasteiger partial charge in [0.15, 0.2) is 16.8 Å². The van der Waals surface area contributed by atoms with Crippen LogP contribution >= 0.6 is 23.5 Å². The van der Waals surface area contributed by atoms with Gasteiger partial charge in [0.2, 0.25) is 0 Å². The number of aromatic nitrogens is 6. The van der Waals surface area contributed by atoms with Gasteiger partial charge >= 0.3 is 0 Å². The molecule has 0 atom stereocenters. The molecule has 4 aromatic rings. The van der Waals surface area contributed by atoms with Crippen LogP contribution in [0.25, 0.3) is 22.8 Å². The van der Waals surface area contributed by atoms with Crippen LogP contribution in [0.1, 0.15) is 5.82 Å². The van der Waals surface area contributed by atoms with Crippen LogP contribution in [0.4, 0.5) is 0 Å². The highest BCUT2D eigenvalue weighted by atomic mass is 32.2. The van der Waals surface area contributed by atoms with E-state index in [4.69, 9.17) is 4.52 Å². The second-order valence-electron chi connectivity index (χ2n) is 5.64. The number of pyridine rings is 1. The molecule has 3 heterocycles. The third kappa shape index (κ3) is 3.88. The lowest BCUT2D eigenvalue weighted by atomic mass is 10.2. The number of thioether (sulfide) groups is 2. The third-order valence-corrected chi connectivity index (χ3v) is 5.63. The van der Waals surface area contributed by atoms with Gasteiger partial charge in [0.05, 0.1) is 5.75 Å². The van der Waals surface area contributed by atoms with E-state index in [-0.39, 0.29) is 0 Å². The maximum Gasteiger partial charge on any atom is 0.257 e. The molecule has 0 spiro atoms. The molecule has 0 aliphatic heterocycles. The van der Waals surface area contributed by atoms with Crippen molar-refractivity contribution in [3.63, 3.8) is 0 Å². The number of rotatable bonds is 6. The molecule has 4 rings (SSSR count).